The number of carbonyl (C=O) groups excluding carboxylic acids is 1. The zero-order valence-electron chi connectivity index (χ0n) is 17.4. The number of nitrogens with zero attached hydrogens (tertiary/aromatic N) is 3. The molecule has 154 valence electrons. The highest BCUT2D eigenvalue weighted by Crippen LogP contribution is 2.25. The topological polar surface area (TPSA) is 67.2 Å². The second-order valence-electron chi connectivity index (χ2n) is 7.51. The van der Waals surface area contributed by atoms with Crippen LogP contribution in [0, 0.1) is 13.8 Å². The Bertz CT molecular complexity index is 1040. The van der Waals surface area contributed by atoms with E-state index in [0.717, 1.165) is 21.8 Å². The van der Waals surface area contributed by atoms with Gasteiger partial charge < -0.3 is 5.32 Å². The molecule has 1 atom stereocenters. The van der Waals surface area contributed by atoms with E-state index in [1.54, 1.807) is 6.33 Å². The number of carbonyl (C=O) groups is 1. The Morgan fingerprint density at radius 3 is 2.72 bits per heavy atom. The molecule has 1 aromatic carbocycles. The maximum atomic E-state index is 12.7. The Morgan fingerprint density at radius 1 is 1.28 bits per heavy atom. The lowest BCUT2D eigenvalue weighted by Crippen LogP contribution is -2.40. The van der Waals surface area contributed by atoms with Gasteiger partial charge >= 0.3 is 0 Å². The zero-order valence-corrected chi connectivity index (χ0v) is 18.3. The van der Waals surface area contributed by atoms with Gasteiger partial charge in [0.05, 0.1) is 11.7 Å². The molecule has 3 aromatic rings. The Hall–Kier alpha value is -2.51. The van der Waals surface area contributed by atoms with Crippen molar-refractivity contribution in [2.24, 2.45) is 0 Å². The molecule has 0 aliphatic rings. The third kappa shape index (κ3) is 5.10. The number of aromatic nitrogens is 2. The lowest BCUT2D eigenvalue weighted by Gasteiger charge is -2.25. The van der Waals surface area contributed by atoms with Crippen molar-refractivity contribution in [2.75, 3.05) is 13.6 Å². The molecule has 6 nitrogen and oxygen atoms in total. The average molecular weight is 413 g/mol. The van der Waals surface area contributed by atoms with E-state index in [2.05, 4.69) is 41.3 Å². The second kappa shape index (κ2) is 9.33. The third-order valence-corrected chi connectivity index (χ3v) is 6.47. The number of thiophene rings is 1. The van der Waals surface area contributed by atoms with Crippen LogP contribution in [0.4, 0.5) is 0 Å². The Labute approximate surface area is 175 Å². The first-order chi connectivity index (χ1) is 13.9. The summed E-state index contributed by atoms with van der Waals surface area (Å²) in [4.78, 5) is 33.4. The van der Waals surface area contributed by atoms with E-state index >= 15 is 0 Å². The Balaban J connectivity index is 1.51. The van der Waals surface area contributed by atoms with E-state index in [4.69, 9.17) is 0 Å². The van der Waals surface area contributed by atoms with Crippen LogP contribution >= 0.6 is 11.3 Å². The van der Waals surface area contributed by atoms with Gasteiger partial charge in [-0.15, -0.1) is 11.3 Å². The highest BCUT2D eigenvalue weighted by molar-refractivity contribution is 7.18. The van der Waals surface area contributed by atoms with Crippen LogP contribution in [0.2, 0.25) is 0 Å². The maximum Gasteiger partial charge on any atom is 0.262 e. The highest BCUT2D eigenvalue weighted by Gasteiger charge is 2.14. The van der Waals surface area contributed by atoms with Gasteiger partial charge in [-0.2, -0.15) is 0 Å². The molecule has 3 rings (SSSR count). The predicted octanol–water partition coefficient (Wildman–Crippen LogP) is 3.10. The Kier molecular flexibility index (Phi) is 6.82. The number of hydrogen-bond donors (Lipinski definition) is 1. The second-order valence-corrected chi connectivity index (χ2v) is 8.71. The quantitative estimate of drug-likeness (QED) is 0.617. The van der Waals surface area contributed by atoms with E-state index in [0.29, 0.717) is 18.5 Å². The summed E-state index contributed by atoms with van der Waals surface area (Å²) in [6.07, 6.45) is 1.80. The van der Waals surface area contributed by atoms with Crippen molar-refractivity contribution in [2.45, 2.75) is 46.3 Å². The van der Waals surface area contributed by atoms with Gasteiger partial charge in [0, 0.05) is 37.0 Å². The molecule has 2 heterocycles. The van der Waals surface area contributed by atoms with Crippen molar-refractivity contribution in [3.8, 4) is 0 Å². The van der Waals surface area contributed by atoms with Crippen LogP contribution in [-0.4, -0.2) is 40.0 Å². The van der Waals surface area contributed by atoms with E-state index in [-0.39, 0.29) is 23.9 Å². The van der Waals surface area contributed by atoms with Crippen LogP contribution in [0.25, 0.3) is 10.2 Å². The molecule has 2 aromatic heterocycles. The van der Waals surface area contributed by atoms with Crippen LogP contribution < -0.4 is 10.9 Å². The number of nitrogens with one attached hydrogen (secondary N) is 1. The van der Waals surface area contributed by atoms with Crippen molar-refractivity contribution >= 4 is 27.5 Å². The number of benzene rings is 1. The van der Waals surface area contributed by atoms with E-state index < -0.39 is 0 Å². The molecule has 7 heteroatoms. The van der Waals surface area contributed by atoms with E-state index in [1.165, 1.54) is 21.5 Å². The fraction of sp³-hybridized carbons (Fsp3) is 0.409. The summed E-state index contributed by atoms with van der Waals surface area (Å²) >= 11 is 1.53. The standard InChI is InChI=1S/C22H28N4O2S/c1-15(25(4)13-18-8-6-5-7-9-18)12-23-19(27)10-11-26-14-24-21-20(22(26)28)16(2)17(3)29-21/h5-9,14-15H,10-13H2,1-4H3,(H,23,27). The van der Waals surface area contributed by atoms with Crippen molar-refractivity contribution in [1.82, 2.24) is 19.8 Å². The molecule has 0 radical (unpaired) electrons. The molecule has 1 unspecified atom stereocenters. The van der Waals surface area contributed by atoms with Gasteiger partial charge in [-0.3, -0.25) is 19.1 Å². The van der Waals surface area contributed by atoms with Crippen molar-refractivity contribution < 1.29 is 4.79 Å². The minimum Gasteiger partial charge on any atom is -0.354 e. The SMILES string of the molecule is Cc1sc2ncn(CCC(=O)NCC(C)N(C)Cc3ccccc3)c(=O)c2c1C. The molecule has 1 N–H and O–H groups in total. The molecule has 0 saturated heterocycles. The lowest BCUT2D eigenvalue weighted by atomic mass is 10.2. The first-order valence-corrected chi connectivity index (χ1v) is 10.6. The number of hydrogen-bond acceptors (Lipinski definition) is 5. The first-order valence-electron chi connectivity index (χ1n) is 9.82. The minimum absolute atomic E-state index is 0.0600. The predicted molar refractivity (Wildman–Crippen MR) is 118 cm³/mol. The zero-order chi connectivity index (χ0) is 21.0. The minimum atomic E-state index is -0.0689. The van der Waals surface area contributed by atoms with Gasteiger partial charge in [0.1, 0.15) is 4.83 Å². The molecular formula is C22H28N4O2S. The molecule has 0 saturated carbocycles. The van der Waals surface area contributed by atoms with Crippen LogP contribution in [0.1, 0.15) is 29.3 Å². The summed E-state index contributed by atoms with van der Waals surface area (Å²) in [6, 6.07) is 10.5. The number of fused-ring (bicyclic) bond motifs is 1. The summed E-state index contributed by atoms with van der Waals surface area (Å²) < 4.78 is 1.53. The highest BCUT2D eigenvalue weighted by atomic mass is 32.1. The number of amides is 1. The van der Waals surface area contributed by atoms with Crippen LogP contribution in [-0.2, 0) is 17.9 Å². The summed E-state index contributed by atoms with van der Waals surface area (Å²) in [7, 11) is 2.05. The van der Waals surface area contributed by atoms with Gasteiger partial charge in [0.15, 0.2) is 0 Å². The molecule has 0 aliphatic carbocycles. The largest absolute Gasteiger partial charge is 0.354 e. The Morgan fingerprint density at radius 2 is 2.00 bits per heavy atom. The lowest BCUT2D eigenvalue weighted by molar-refractivity contribution is -0.121. The molecular weight excluding hydrogens is 384 g/mol. The monoisotopic (exact) mass is 412 g/mol. The van der Waals surface area contributed by atoms with Crippen LogP contribution in [0.3, 0.4) is 0 Å². The van der Waals surface area contributed by atoms with E-state index in [9.17, 15) is 9.59 Å². The fourth-order valence-corrected chi connectivity index (χ4v) is 4.17. The molecule has 0 fully saturated rings. The van der Waals surface area contributed by atoms with Gasteiger partial charge in [-0.1, -0.05) is 30.3 Å². The van der Waals surface area contributed by atoms with Gasteiger partial charge in [0.2, 0.25) is 5.91 Å². The summed E-state index contributed by atoms with van der Waals surface area (Å²) in [5.74, 6) is -0.0600. The van der Waals surface area contributed by atoms with Gasteiger partial charge in [0.25, 0.3) is 5.56 Å². The van der Waals surface area contributed by atoms with Crippen molar-refractivity contribution in [3.63, 3.8) is 0 Å². The normalized spacial score (nSPS) is 12.4. The van der Waals surface area contributed by atoms with Gasteiger partial charge in [-0.25, -0.2) is 4.98 Å². The molecule has 1 amide bonds. The van der Waals surface area contributed by atoms with Crippen LogP contribution in [0.5, 0.6) is 0 Å². The summed E-state index contributed by atoms with van der Waals surface area (Å²) in [6.45, 7) is 7.76. The summed E-state index contributed by atoms with van der Waals surface area (Å²) in [5.41, 5.74) is 2.16. The fourth-order valence-electron chi connectivity index (χ4n) is 3.18. The molecule has 0 aliphatic heterocycles. The van der Waals surface area contributed by atoms with E-state index in [1.807, 2.05) is 32.0 Å². The number of aryl methyl sites for hydroxylation is 3. The first kappa shape index (κ1) is 21.2. The third-order valence-electron chi connectivity index (χ3n) is 5.36. The van der Waals surface area contributed by atoms with Crippen molar-refractivity contribution in [1.29, 1.82) is 0 Å². The van der Waals surface area contributed by atoms with Crippen LogP contribution in [0.15, 0.2) is 41.5 Å². The van der Waals surface area contributed by atoms with Gasteiger partial charge in [-0.05, 0) is 38.9 Å². The van der Waals surface area contributed by atoms with Crippen molar-refractivity contribution in [3.05, 3.63) is 63.0 Å². The average Bonchev–Trinajstić information content (AvgIpc) is 3.00. The molecule has 0 bridgehead atoms. The smallest absolute Gasteiger partial charge is 0.262 e. The number of likely N-dealkylation sites (N-methyl/N-ethyl adjacent to an activating group) is 1. The molecule has 0 spiro atoms. The molecule has 29 heavy (non-hydrogen) atoms. The summed E-state index contributed by atoms with van der Waals surface area (Å²) in [5, 5.41) is 3.65. The number of rotatable bonds is 8. The maximum absolute atomic E-state index is 12.7.